The van der Waals surface area contributed by atoms with E-state index in [-0.39, 0.29) is 5.91 Å². The molecule has 6 heteroatoms. The molecule has 5 nitrogen and oxygen atoms in total. The van der Waals surface area contributed by atoms with Crippen molar-refractivity contribution in [2.24, 2.45) is 0 Å². The van der Waals surface area contributed by atoms with Crippen molar-refractivity contribution in [3.05, 3.63) is 64.1 Å². The Hall–Kier alpha value is -2.28. The molecular formula is C24H27BrN3O2+. The molecule has 2 N–H and O–H groups in total. The minimum atomic E-state index is -0.0501. The lowest BCUT2D eigenvalue weighted by atomic mass is 10.0. The van der Waals surface area contributed by atoms with Crippen LogP contribution >= 0.6 is 15.9 Å². The van der Waals surface area contributed by atoms with Gasteiger partial charge >= 0.3 is 0 Å². The van der Waals surface area contributed by atoms with E-state index in [1.807, 2.05) is 24.3 Å². The van der Waals surface area contributed by atoms with Crippen molar-refractivity contribution < 1.29 is 14.4 Å². The first kappa shape index (κ1) is 21.0. The number of carbonyl (C=O) groups is 1. The van der Waals surface area contributed by atoms with Crippen LogP contribution in [0.15, 0.2) is 53.0 Å². The van der Waals surface area contributed by atoms with Crippen molar-refractivity contribution in [1.82, 2.24) is 10.3 Å². The van der Waals surface area contributed by atoms with Gasteiger partial charge in [-0.2, -0.15) is 0 Å². The fourth-order valence-electron chi connectivity index (χ4n) is 3.80. The zero-order valence-electron chi connectivity index (χ0n) is 17.2. The van der Waals surface area contributed by atoms with Crippen molar-refractivity contribution in [3.63, 3.8) is 0 Å². The third kappa shape index (κ3) is 5.06. The van der Waals surface area contributed by atoms with Gasteiger partial charge in [0.25, 0.3) is 5.91 Å². The molecule has 3 aromatic rings. The molecule has 0 spiro atoms. The number of nitrogens with one attached hydrogen (secondary N) is 2. The molecule has 1 aromatic heterocycles. The lowest BCUT2D eigenvalue weighted by Gasteiger charge is -2.23. The first-order valence-electron chi connectivity index (χ1n) is 10.5. The Morgan fingerprint density at radius 1 is 1.13 bits per heavy atom. The predicted octanol–water partition coefficient (Wildman–Crippen LogP) is 3.01. The number of halogens is 1. The largest absolute Gasteiger partial charge is 0.370 e. The summed E-state index contributed by atoms with van der Waals surface area (Å²) >= 11 is 3.52. The highest BCUT2D eigenvalue weighted by atomic mass is 79.9. The van der Waals surface area contributed by atoms with Crippen LogP contribution in [-0.4, -0.2) is 50.3 Å². The van der Waals surface area contributed by atoms with Crippen molar-refractivity contribution in [3.8, 4) is 11.3 Å². The highest BCUT2D eigenvalue weighted by Crippen LogP contribution is 2.27. The monoisotopic (exact) mass is 468 g/mol. The molecule has 0 aliphatic carbocycles. The summed E-state index contributed by atoms with van der Waals surface area (Å²) < 4.78 is 6.34. The quantitative estimate of drug-likeness (QED) is 0.546. The molecule has 1 saturated heterocycles. The summed E-state index contributed by atoms with van der Waals surface area (Å²) in [7, 11) is 0. The molecule has 1 aliphatic heterocycles. The van der Waals surface area contributed by atoms with Crippen LogP contribution in [0, 0.1) is 6.92 Å². The number of fused-ring (bicyclic) bond motifs is 1. The fraction of sp³-hybridized carbons (Fsp3) is 0.333. The van der Waals surface area contributed by atoms with Gasteiger partial charge in [0.1, 0.15) is 13.1 Å². The molecule has 2 aromatic carbocycles. The molecule has 0 saturated carbocycles. The van der Waals surface area contributed by atoms with Crippen molar-refractivity contribution in [2.45, 2.75) is 13.3 Å². The van der Waals surface area contributed by atoms with Gasteiger partial charge in [-0.3, -0.25) is 4.79 Å². The van der Waals surface area contributed by atoms with Gasteiger partial charge in [0.2, 0.25) is 0 Å². The van der Waals surface area contributed by atoms with Gasteiger partial charge in [0.05, 0.1) is 36.5 Å². The average molecular weight is 469 g/mol. The molecular weight excluding hydrogens is 442 g/mol. The number of aryl methyl sites for hydroxylation is 1. The number of quaternary nitrogens is 1. The Balaban J connectivity index is 1.53. The number of ether oxygens (including phenoxy) is 1. The summed E-state index contributed by atoms with van der Waals surface area (Å²) in [6.45, 7) is 7.56. The van der Waals surface area contributed by atoms with E-state index in [1.54, 1.807) is 4.90 Å². The maximum Gasteiger partial charge on any atom is 0.252 e. The third-order valence-electron chi connectivity index (χ3n) is 5.56. The Kier molecular flexibility index (Phi) is 6.77. The normalized spacial score (nSPS) is 14.7. The molecule has 0 unspecified atom stereocenters. The van der Waals surface area contributed by atoms with Crippen LogP contribution in [0.3, 0.4) is 0 Å². The van der Waals surface area contributed by atoms with Crippen molar-refractivity contribution >= 4 is 32.7 Å². The van der Waals surface area contributed by atoms with Gasteiger partial charge in [-0.1, -0.05) is 45.8 Å². The van der Waals surface area contributed by atoms with Crippen LogP contribution in [0.4, 0.5) is 0 Å². The van der Waals surface area contributed by atoms with Gasteiger partial charge in [-0.05, 0) is 31.2 Å². The van der Waals surface area contributed by atoms with Gasteiger partial charge in [-0.25, -0.2) is 4.98 Å². The Morgan fingerprint density at radius 3 is 2.67 bits per heavy atom. The standard InChI is InChI=1S/C24H26BrN3O2/c1-17-3-5-18(6-4-17)23-16-21(20-15-19(25)7-8-22(20)27-23)24(29)26-9-2-10-28-11-13-30-14-12-28/h3-8,15-16H,2,9-14H2,1H3,(H,26,29)/p+1. The van der Waals surface area contributed by atoms with E-state index in [0.29, 0.717) is 12.1 Å². The number of pyridine rings is 1. The summed E-state index contributed by atoms with van der Waals surface area (Å²) in [4.78, 5) is 19.4. The number of benzene rings is 2. The highest BCUT2D eigenvalue weighted by Gasteiger charge is 2.16. The van der Waals surface area contributed by atoms with Gasteiger partial charge in [-0.15, -0.1) is 0 Å². The fourth-order valence-corrected chi connectivity index (χ4v) is 4.16. The molecule has 0 radical (unpaired) electrons. The molecule has 0 atom stereocenters. The lowest BCUT2D eigenvalue weighted by molar-refractivity contribution is -0.908. The minimum absolute atomic E-state index is 0.0501. The van der Waals surface area contributed by atoms with E-state index in [9.17, 15) is 4.79 Å². The number of amides is 1. The zero-order chi connectivity index (χ0) is 20.9. The van der Waals surface area contributed by atoms with E-state index in [1.165, 1.54) is 5.56 Å². The van der Waals surface area contributed by atoms with E-state index in [4.69, 9.17) is 9.72 Å². The number of nitrogens with zero attached hydrogens (tertiary/aromatic N) is 1. The Bertz CT molecular complexity index is 1030. The number of hydrogen-bond acceptors (Lipinski definition) is 3. The Labute approximate surface area is 185 Å². The first-order chi connectivity index (χ1) is 14.6. The van der Waals surface area contributed by atoms with Crippen LogP contribution in [0.25, 0.3) is 22.2 Å². The summed E-state index contributed by atoms with van der Waals surface area (Å²) in [5.74, 6) is -0.0501. The molecule has 0 bridgehead atoms. The van der Waals surface area contributed by atoms with Gasteiger partial charge < -0.3 is 15.0 Å². The molecule has 156 valence electrons. The van der Waals surface area contributed by atoms with Crippen LogP contribution in [-0.2, 0) is 4.74 Å². The summed E-state index contributed by atoms with van der Waals surface area (Å²) in [5.41, 5.74) is 4.50. The number of morpholine rings is 1. The van der Waals surface area contributed by atoms with E-state index >= 15 is 0 Å². The Morgan fingerprint density at radius 2 is 1.90 bits per heavy atom. The summed E-state index contributed by atoms with van der Waals surface area (Å²) in [5, 5.41) is 3.97. The minimum Gasteiger partial charge on any atom is -0.370 e. The second-order valence-electron chi connectivity index (χ2n) is 7.80. The lowest BCUT2D eigenvalue weighted by Crippen LogP contribution is -3.14. The van der Waals surface area contributed by atoms with Crippen LogP contribution in [0.5, 0.6) is 0 Å². The number of rotatable bonds is 6. The van der Waals surface area contributed by atoms with Crippen molar-refractivity contribution in [2.75, 3.05) is 39.4 Å². The first-order valence-corrected chi connectivity index (χ1v) is 11.3. The van der Waals surface area contributed by atoms with E-state index in [2.05, 4.69) is 52.4 Å². The number of aromatic nitrogens is 1. The second-order valence-corrected chi connectivity index (χ2v) is 8.72. The van der Waals surface area contributed by atoms with Gasteiger partial charge in [0.15, 0.2) is 0 Å². The molecule has 1 amide bonds. The van der Waals surface area contributed by atoms with Crippen LogP contribution in [0.2, 0.25) is 0 Å². The van der Waals surface area contributed by atoms with Crippen molar-refractivity contribution in [1.29, 1.82) is 0 Å². The molecule has 30 heavy (non-hydrogen) atoms. The third-order valence-corrected chi connectivity index (χ3v) is 6.05. The molecule has 2 heterocycles. The van der Waals surface area contributed by atoms with E-state index < -0.39 is 0 Å². The molecule has 4 rings (SSSR count). The highest BCUT2D eigenvalue weighted by molar-refractivity contribution is 9.10. The topological polar surface area (TPSA) is 55.7 Å². The SMILES string of the molecule is Cc1ccc(-c2cc(C(=O)NCCC[NH+]3CCOCC3)c3cc(Br)ccc3n2)cc1. The maximum atomic E-state index is 13.1. The maximum absolute atomic E-state index is 13.1. The van der Waals surface area contributed by atoms with Crippen LogP contribution < -0.4 is 10.2 Å². The number of hydrogen-bond donors (Lipinski definition) is 2. The predicted molar refractivity (Wildman–Crippen MR) is 123 cm³/mol. The summed E-state index contributed by atoms with van der Waals surface area (Å²) in [6.07, 6.45) is 0.957. The summed E-state index contributed by atoms with van der Waals surface area (Å²) in [6, 6.07) is 16.0. The molecule has 1 fully saturated rings. The van der Waals surface area contributed by atoms with E-state index in [0.717, 1.165) is 65.9 Å². The average Bonchev–Trinajstić information content (AvgIpc) is 2.77. The van der Waals surface area contributed by atoms with Crippen LogP contribution in [0.1, 0.15) is 22.3 Å². The number of carbonyl (C=O) groups excluding carboxylic acids is 1. The molecule has 1 aliphatic rings. The second kappa shape index (κ2) is 9.69. The zero-order valence-corrected chi connectivity index (χ0v) is 18.8. The van der Waals surface area contributed by atoms with Gasteiger partial charge in [0, 0.05) is 28.4 Å². The smallest absolute Gasteiger partial charge is 0.252 e.